The molecule has 0 aliphatic carbocycles. The first-order chi connectivity index (χ1) is 20.5. The second-order valence-corrected chi connectivity index (χ2v) is 11.9. The summed E-state index contributed by atoms with van der Waals surface area (Å²) < 4.78 is 6.51. The van der Waals surface area contributed by atoms with Crippen molar-refractivity contribution < 1.29 is 19.4 Å². The first-order valence-electron chi connectivity index (χ1n) is 13.6. The lowest BCUT2D eigenvalue weighted by Crippen LogP contribution is -2.29. The van der Waals surface area contributed by atoms with Crippen LogP contribution in [-0.4, -0.2) is 33.6 Å². The second-order valence-electron chi connectivity index (χ2n) is 9.73. The normalized spacial score (nSPS) is 16.3. The molecule has 4 aromatic carbocycles. The highest BCUT2D eigenvalue weighted by atomic mass is 32.2. The first kappa shape index (κ1) is 27.7. The van der Waals surface area contributed by atoms with Crippen LogP contribution in [-0.2, 0) is 15.3 Å². The summed E-state index contributed by atoms with van der Waals surface area (Å²) in [5.74, 6) is -0.497. The molecule has 1 N–H and O–H groups in total. The van der Waals surface area contributed by atoms with E-state index in [-0.39, 0.29) is 16.5 Å². The Morgan fingerprint density at radius 2 is 1.71 bits per heavy atom. The molecular weight excluding hydrogens is 567 g/mol. The van der Waals surface area contributed by atoms with Gasteiger partial charge in [0, 0.05) is 11.3 Å². The van der Waals surface area contributed by atoms with Gasteiger partial charge in [-0.1, -0.05) is 115 Å². The van der Waals surface area contributed by atoms with Crippen molar-refractivity contribution in [1.82, 2.24) is 10.2 Å². The van der Waals surface area contributed by atoms with E-state index < -0.39 is 17.7 Å². The largest absolute Gasteiger partial charge is 0.507 e. The van der Waals surface area contributed by atoms with Gasteiger partial charge in [0.2, 0.25) is 5.13 Å². The third-order valence-corrected chi connectivity index (χ3v) is 9.08. The van der Waals surface area contributed by atoms with Crippen molar-refractivity contribution in [2.45, 2.75) is 29.5 Å². The summed E-state index contributed by atoms with van der Waals surface area (Å²) in [4.78, 5) is 28.4. The molecule has 42 heavy (non-hydrogen) atoms. The summed E-state index contributed by atoms with van der Waals surface area (Å²) >= 11 is 2.77. The Balaban J connectivity index is 1.37. The smallest absolute Gasteiger partial charge is 0.301 e. The van der Waals surface area contributed by atoms with Crippen LogP contribution in [0.3, 0.4) is 0 Å². The number of Topliss-reactive ketones (excluding diaryl/α,β-unsaturated/α-hetero) is 1. The quantitative estimate of drug-likeness (QED) is 0.0626. The summed E-state index contributed by atoms with van der Waals surface area (Å²) in [6, 6.07) is 29.5. The van der Waals surface area contributed by atoms with Crippen molar-refractivity contribution in [3.05, 3.63) is 119 Å². The lowest BCUT2D eigenvalue weighted by Gasteiger charge is -2.23. The molecule has 0 saturated carbocycles. The Kier molecular flexibility index (Phi) is 8.03. The van der Waals surface area contributed by atoms with Crippen molar-refractivity contribution in [3.8, 4) is 5.75 Å². The maximum absolute atomic E-state index is 13.6. The number of benzene rings is 4. The fourth-order valence-electron chi connectivity index (χ4n) is 5.01. The molecule has 0 spiro atoms. The van der Waals surface area contributed by atoms with Crippen LogP contribution in [0.15, 0.2) is 107 Å². The van der Waals surface area contributed by atoms with Gasteiger partial charge in [-0.05, 0) is 40.5 Å². The van der Waals surface area contributed by atoms with E-state index in [1.807, 2.05) is 49.4 Å². The standard InChI is InChI=1S/C33H27N3O4S2/c1-2-18-40-25-16-9-14-23(19-25)28-27(29(37)22-11-4-3-5-12-22)30(38)31(39)36(28)32-34-35-33(42-32)41-20-24-15-8-13-21-10-6-7-17-26(21)24/h3-17,19,28,37H,2,18,20H2,1H3/b29-27+. The third-order valence-electron chi connectivity index (χ3n) is 6.97. The van der Waals surface area contributed by atoms with Gasteiger partial charge >= 0.3 is 5.91 Å². The molecule has 1 aliphatic rings. The van der Waals surface area contributed by atoms with Gasteiger partial charge in [0.05, 0.1) is 18.2 Å². The van der Waals surface area contributed by atoms with E-state index in [9.17, 15) is 14.7 Å². The summed E-state index contributed by atoms with van der Waals surface area (Å²) in [5, 5.41) is 22.6. The number of aromatic nitrogens is 2. The SMILES string of the molecule is CCCOc1cccc(C2/C(=C(\O)c3ccccc3)C(=O)C(=O)N2c2nnc(SCc3cccc4ccccc34)s2)c1. The van der Waals surface area contributed by atoms with Crippen molar-refractivity contribution in [3.63, 3.8) is 0 Å². The highest BCUT2D eigenvalue weighted by molar-refractivity contribution is 8.00. The van der Waals surface area contributed by atoms with Crippen molar-refractivity contribution >= 4 is 56.5 Å². The first-order valence-corrected chi connectivity index (χ1v) is 15.4. The van der Waals surface area contributed by atoms with E-state index in [0.29, 0.717) is 33.6 Å². The Bertz CT molecular complexity index is 1800. The summed E-state index contributed by atoms with van der Waals surface area (Å²) in [6.45, 7) is 2.55. The fraction of sp³-hybridized carbons (Fsp3) is 0.152. The number of carbonyl (C=O) groups excluding carboxylic acids is 2. The van der Waals surface area contributed by atoms with Gasteiger partial charge < -0.3 is 9.84 Å². The number of carbonyl (C=O) groups is 2. The van der Waals surface area contributed by atoms with Crippen molar-refractivity contribution in [2.75, 3.05) is 11.5 Å². The lowest BCUT2D eigenvalue weighted by molar-refractivity contribution is -0.132. The topological polar surface area (TPSA) is 92.6 Å². The molecule has 9 heteroatoms. The third kappa shape index (κ3) is 5.41. The van der Waals surface area contributed by atoms with E-state index >= 15 is 0 Å². The maximum atomic E-state index is 13.6. The molecule has 1 aliphatic heterocycles. The molecule has 2 heterocycles. The number of anilines is 1. The van der Waals surface area contributed by atoms with Gasteiger partial charge in [-0.3, -0.25) is 14.5 Å². The molecule has 1 saturated heterocycles. The van der Waals surface area contributed by atoms with E-state index in [4.69, 9.17) is 4.74 Å². The lowest BCUT2D eigenvalue weighted by atomic mass is 9.95. The van der Waals surface area contributed by atoms with Crippen LogP contribution in [0.4, 0.5) is 5.13 Å². The van der Waals surface area contributed by atoms with E-state index in [2.05, 4.69) is 34.5 Å². The van der Waals surface area contributed by atoms with Gasteiger partial charge in [-0.25, -0.2) is 0 Å². The minimum Gasteiger partial charge on any atom is -0.507 e. The van der Waals surface area contributed by atoms with E-state index in [0.717, 1.165) is 6.42 Å². The van der Waals surface area contributed by atoms with E-state index in [1.165, 1.54) is 44.3 Å². The number of hydrogen-bond donors (Lipinski definition) is 1. The number of amides is 1. The molecule has 0 radical (unpaired) electrons. The Labute approximate surface area is 251 Å². The molecule has 5 aromatic rings. The molecule has 0 bridgehead atoms. The van der Waals surface area contributed by atoms with Crippen LogP contribution in [0.25, 0.3) is 16.5 Å². The Morgan fingerprint density at radius 1 is 0.952 bits per heavy atom. The molecule has 7 nitrogen and oxygen atoms in total. The highest BCUT2D eigenvalue weighted by Gasteiger charge is 2.48. The zero-order valence-corrected chi connectivity index (χ0v) is 24.4. The zero-order chi connectivity index (χ0) is 29.1. The monoisotopic (exact) mass is 593 g/mol. The summed E-state index contributed by atoms with van der Waals surface area (Å²) in [6.07, 6.45) is 0.834. The molecular formula is C33H27N3O4S2. The van der Waals surface area contributed by atoms with Gasteiger partial charge in [0.1, 0.15) is 11.5 Å². The number of fused-ring (bicyclic) bond motifs is 1. The van der Waals surface area contributed by atoms with Gasteiger partial charge in [0.25, 0.3) is 5.78 Å². The van der Waals surface area contributed by atoms with Gasteiger partial charge in [-0.15, -0.1) is 10.2 Å². The minimum absolute atomic E-state index is 0.000926. The highest BCUT2D eigenvalue weighted by Crippen LogP contribution is 2.44. The Hall–Kier alpha value is -4.47. The number of aliphatic hydroxyl groups excluding tert-OH is 1. The molecule has 1 unspecified atom stereocenters. The van der Waals surface area contributed by atoms with Crippen molar-refractivity contribution in [1.29, 1.82) is 0 Å². The average Bonchev–Trinajstić information content (AvgIpc) is 3.60. The maximum Gasteiger partial charge on any atom is 0.301 e. The molecule has 210 valence electrons. The number of hydrogen-bond acceptors (Lipinski definition) is 8. The number of nitrogens with zero attached hydrogens (tertiary/aromatic N) is 3. The molecule has 6 rings (SSSR count). The zero-order valence-electron chi connectivity index (χ0n) is 22.8. The molecule has 1 fully saturated rings. The average molecular weight is 594 g/mol. The molecule has 1 atom stereocenters. The number of ketones is 1. The van der Waals surface area contributed by atoms with Crippen molar-refractivity contribution in [2.24, 2.45) is 0 Å². The molecule has 1 aromatic heterocycles. The summed E-state index contributed by atoms with van der Waals surface area (Å²) in [5.41, 5.74) is 2.24. The van der Waals surface area contributed by atoms with Crippen LogP contribution in [0.2, 0.25) is 0 Å². The summed E-state index contributed by atoms with van der Waals surface area (Å²) in [7, 11) is 0. The predicted octanol–water partition coefficient (Wildman–Crippen LogP) is 7.40. The number of thioether (sulfide) groups is 1. The van der Waals surface area contributed by atoms with Crippen LogP contribution >= 0.6 is 23.1 Å². The van der Waals surface area contributed by atoms with E-state index in [1.54, 1.807) is 30.3 Å². The molecule has 1 amide bonds. The van der Waals surface area contributed by atoms with Crippen LogP contribution in [0, 0.1) is 0 Å². The number of rotatable bonds is 9. The van der Waals surface area contributed by atoms with Crippen LogP contribution < -0.4 is 9.64 Å². The van der Waals surface area contributed by atoms with Crippen LogP contribution in [0.1, 0.15) is 36.1 Å². The fourth-order valence-corrected chi connectivity index (χ4v) is 6.88. The minimum atomic E-state index is -0.903. The Morgan fingerprint density at radius 3 is 2.55 bits per heavy atom. The predicted molar refractivity (Wildman–Crippen MR) is 167 cm³/mol. The van der Waals surface area contributed by atoms with Gasteiger partial charge in [0.15, 0.2) is 4.34 Å². The number of ether oxygens (including phenoxy) is 1. The van der Waals surface area contributed by atoms with Crippen LogP contribution in [0.5, 0.6) is 5.75 Å². The van der Waals surface area contributed by atoms with Gasteiger partial charge in [-0.2, -0.15) is 0 Å². The second kappa shape index (κ2) is 12.2. The number of aliphatic hydroxyl groups is 1.